The van der Waals surface area contributed by atoms with Crippen LogP contribution in [0.15, 0.2) is 42.5 Å². The van der Waals surface area contributed by atoms with Crippen molar-refractivity contribution < 1.29 is 44.7 Å². The molecule has 0 heterocycles. The molecule has 2 saturated carbocycles. The highest BCUT2D eigenvalue weighted by molar-refractivity contribution is 6.09. The summed E-state index contributed by atoms with van der Waals surface area (Å²) in [6, 6.07) is 11.4. The van der Waals surface area contributed by atoms with Crippen LogP contribution in [0.5, 0.6) is 5.75 Å². The van der Waals surface area contributed by atoms with Crippen LogP contribution in [0.4, 0.5) is 0 Å². The van der Waals surface area contributed by atoms with Crippen LogP contribution in [0.1, 0.15) is 72.4 Å². The molecule has 43 heavy (non-hydrogen) atoms. The van der Waals surface area contributed by atoms with Gasteiger partial charge >= 0.3 is 0 Å². The smallest absolute Gasteiger partial charge is 0.230 e. The Labute approximate surface area is 249 Å². The second-order valence-electron chi connectivity index (χ2n) is 13.4. The molecular weight excluding hydrogens is 554 g/mol. The number of phenolic OH excluding ortho intramolecular Hbond substituents is 1. The maximum atomic E-state index is 14.2. The SMILES string of the molecule is CC(=O)c1ccc(C[C@@H]2c3cccc(O)c3C(=O)[C@@H]3C(O)[C@@]4(O)C(=O)[C@H](C(N)=O)C(O)[C@H](C(C)C)[C@@]4(C)[C@H](O)[C@@]23C)cc1. The molecule has 10 heteroatoms. The van der Waals surface area contributed by atoms with Crippen LogP contribution >= 0.6 is 0 Å². The largest absolute Gasteiger partial charge is 0.507 e. The van der Waals surface area contributed by atoms with Crippen molar-refractivity contribution in [3.05, 3.63) is 64.7 Å². The molecule has 2 fully saturated rings. The number of ketones is 3. The maximum absolute atomic E-state index is 14.2. The van der Waals surface area contributed by atoms with Crippen molar-refractivity contribution in [2.45, 2.75) is 70.9 Å². The number of phenols is 1. The fourth-order valence-electron chi connectivity index (χ4n) is 8.99. The first-order valence-corrected chi connectivity index (χ1v) is 14.5. The van der Waals surface area contributed by atoms with Gasteiger partial charge in [0, 0.05) is 16.4 Å². The number of carbonyl (C=O) groups is 4. The van der Waals surface area contributed by atoms with E-state index in [1.807, 2.05) is 0 Å². The van der Waals surface area contributed by atoms with Crippen molar-refractivity contribution in [3.63, 3.8) is 0 Å². The van der Waals surface area contributed by atoms with E-state index in [1.165, 1.54) is 19.9 Å². The predicted octanol–water partition coefficient (Wildman–Crippen LogP) is 1.53. The monoisotopic (exact) mass is 593 g/mol. The van der Waals surface area contributed by atoms with Gasteiger partial charge in [0.2, 0.25) is 5.91 Å². The Morgan fingerprint density at radius 2 is 1.60 bits per heavy atom. The molecular formula is C33H39NO9. The highest BCUT2D eigenvalue weighted by atomic mass is 16.4. The van der Waals surface area contributed by atoms with E-state index >= 15 is 0 Å². The van der Waals surface area contributed by atoms with Gasteiger partial charge in [0.05, 0.1) is 23.7 Å². The number of Topliss-reactive ketones (excluding diaryl/α,β-unsaturated/α-hetero) is 3. The number of amides is 1. The van der Waals surface area contributed by atoms with E-state index in [0.717, 1.165) is 5.56 Å². The minimum atomic E-state index is -2.85. The number of benzene rings is 2. The van der Waals surface area contributed by atoms with E-state index in [4.69, 9.17) is 5.73 Å². The zero-order valence-electron chi connectivity index (χ0n) is 24.8. The molecule has 3 aliphatic carbocycles. The highest BCUT2D eigenvalue weighted by Crippen LogP contribution is 2.68. The summed E-state index contributed by atoms with van der Waals surface area (Å²) in [6.45, 7) is 7.88. The third-order valence-electron chi connectivity index (χ3n) is 11.0. The lowest BCUT2D eigenvalue weighted by atomic mass is 9.36. The first-order valence-electron chi connectivity index (χ1n) is 14.5. The first kappa shape index (κ1) is 31.0. The van der Waals surface area contributed by atoms with Crippen LogP contribution in [-0.4, -0.2) is 72.7 Å². The van der Waals surface area contributed by atoms with Gasteiger partial charge in [-0.15, -0.1) is 0 Å². The van der Waals surface area contributed by atoms with E-state index in [0.29, 0.717) is 11.1 Å². The Kier molecular flexibility index (Phi) is 7.25. The van der Waals surface area contributed by atoms with Gasteiger partial charge in [0.25, 0.3) is 0 Å². The number of nitrogens with two attached hydrogens (primary N) is 1. The van der Waals surface area contributed by atoms with Crippen LogP contribution in [0, 0.1) is 34.5 Å². The molecule has 0 aliphatic heterocycles. The van der Waals surface area contributed by atoms with Crippen molar-refractivity contribution in [3.8, 4) is 5.75 Å². The van der Waals surface area contributed by atoms with Crippen LogP contribution in [0.25, 0.3) is 0 Å². The maximum Gasteiger partial charge on any atom is 0.230 e. The molecule has 0 saturated heterocycles. The molecule has 2 aromatic carbocycles. The number of aliphatic hydroxyl groups is 4. The Balaban J connectivity index is 1.79. The quantitative estimate of drug-likeness (QED) is 0.220. The van der Waals surface area contributed by atoms with Gasteiger partial charge in [0.1, 0.15) is 17.8 Å². The minimum absolute atomic E-state index is 0.0936. The van der Waals surface area contributed by atoms with E-state index in [1.54, 1.807) is 57.2 Å². The standard InChI is InChI=1S/C33H39NO9/c1-14(2)23-26(38)22(29(34)41)27(39)33(43)28(40)24-25(37)21-18(7-6-8-20(21)36)19(31(24,4)30(42)32(23,33)5)13-16-9-11-17(12-10-16)15(3)35/h6-12,14,19,22-24,26,28,30,36,38,40,42-43H,13H2,1-5H3,(H2,34,41)/t19-,22-,23+,24-,26?,28?,30-,31+,32+,33+/m1/s1. The summed E-state index contributed by atoms with van der Waals surface area (Å²) in [5.74, 6) is -9.55. The lowest BCUT2D eigenvalue weighted by Gasteiger charge is -2.69. The van der Waals surface area contributed by atoms with Gasteiger partial charge in [0.15, 0.2) is 23.0 Å². The fraction of sp³-hybridized carbons (Fsp3) is 0.515. The number of aliphatic hydroxyl groups excluding tert-OH is 3. The van der Waals surface area contributed by atoms with Crippen molar-refractivity contribution in [2.75, 3.05) is 0 Å². The average Bonchev–Trinajstić information content (AvgIpc) is 2.92. The van der Waals surface area contributed by atoms with Gasteiger partial charge < -0.3 is 31.3 Å². The van der Waals surface area contributed by atoms with Crippen LogP contribution in [-0.2, 0) is 16.0 Å². The predicted molar refractivity (Wildman–Crippen MR) is 154 cm³/mol. The lowest BCUT2D eigenvalue weighted by Crippen LogP contribution is -2.83. The second-order valence-corrected chi connectivity index (χ2v) is 13.4. The zero-order chi connectivity index (χ0) is 32.0. The molecule has 5 rings (SSSR count). The molecule has 10 atom stereocenters. The summed E-state index contributed by atoms with van der Waals surface area (Å²) in [7, 11) is 0. The van der Waals surface area contributed by atoms with E-state index in [9.17, 15) is 44.7 Å². The number of hydrogen-bond acceptors (Lipinski definition) is 9. The van der Waals surface area contributed by atoms with Crippen molar-refractivity contribution in [1.29, 1.82) is 0 Å². The van der Waals surface area contributed by atoms with Crippen molar-refractivity contribution in [2.24, 2.45) is 40.2 Å². The highest BCUT2D eigenvalue weighted by Gasteiger charge is 2.80. The summed E-state index contributed by atoms with van der Waals surface area (Å²) in [4.78, 5) is 52.5. The fourth-order valence-corrected chi connectivity index (χ4v) is 8.99. The topological polar surface area (TPSA) is 195 Å². The third-order valence-corrected chi connectivity index (χ3v) is 11.0. The molecule has 10 nitrogen and oxygen atoms in total. The number of fused-ring (bicyclic) bond motifs is 3. The molecule has 0 bridgehead atoms. The summed E-state index contributed by atoms with van der Waals surface area (Å²) in [5.41, 5.74) is 0.728. The Hall–Kier alpha value is -3.44. The molecule has 2 unspecified atom stereocenters. The summed E-state index contributed by atoms with van der Waals surface area (Å²) in [5, 5.41) is 59.2. The van der Waals surface area contributed by atoms with Gasteiger partial charge in [-0.1, -0.05) is 64.1 Å². The number of carbonyl (C=O) groups excluding carboxylic acids is 4. The Bertz CT molecular complexity index is 1520. The average molecular weight is 594 g/mol. The van der Waals surface area contributed by atoms with Gasteiger partial charge in [-0.3, -0.25) is 19.2 Å². The second kappa shape index (κ2) is 10.1. The molecule has 2 aromatic rings. The van der Waals surface area contributed by atoms with Crippen LogP contribution < -0.4 is 5.73 Å². The van der Waals surface area contributed by atoms with E-state index in [2.05, 4.69) is 0 Å². The zero-order valence-corrected chi connectivity index (χ0v) is 24.8. The Morgan fingerprint density at radius 1 is 1.00 bits per heavy atom. The summed E-state index contributed by atoms with van der Waals surface area (Å²) < 4.78 is 0. The molecule has 0 radical (unpaired) electrons. The molecule has 1 amide bonds. The van der Waals surface area contributed by atoms with Crippen molar-refractivity contribution >= 4 is 23.3 Å². The summed E-state index contributed by atoms with van der Waals surface area (Å²) in [6.07, 6.45) is -5.29. The summed E-state index contributed by atoms with van der Waals surface area (Å²) >= 11 is 0. The number of rotatable bonds is 5. The molecule has 230 valence electrons. The number of aromatic hydroxyl groups is 1. The van der Waals surface area contributed by atoms with E-state index < -0.39 is 81.8 Å². The van der Waals surface area contributed by atoms with E-state index in [-0.39, 0.29) is 23.5 Å². The van der Waals surface area contributed by atoms with Crippen LogP contribution in [0.3, 0.4) is 0 Å². The van der Waals surface area contributed by atoms with Gasteiger partial charge in [-0.2, -0.15) is 0 Å². The van der Waals surface area contributed by atoms with Gasteiger partial charge in [-0.25, -0.2) is 0 Å². The Morgan fingerprint density at radius 3 is 2.14 bits per heavy atom. The minimum Gasteiger partial charge on any atom is -0.507 e. The molecule has 7 N–H and O–H groups in total. The first-order chi connectivity index (χ1) is 20.0. The molecule has 0 aromatic heterocycles. The number of hydrogen-bond donors (Lipinski definition) is 6. The molecule has 0 spiro atoms. The van der Waals surface area contributed by atoms with Gasteiger partial charge in [-0.05, 0) is 48.3 Å². The third kappa shape index (κ3) is 3.86. The lowest BCUT2D eigenvalue weighted by molar-refractivity contribution is -0.307. The van der Waals surface area contributed by atoms with Crippen molar-refractivity contribution in [1.82, 2.24) is 0 Å². The molecule has 3 aliphatic rings. The normalized spacial score (nSPS) is 38.7. The van der Waals surface area contributed by atoms with Crippen LogP contribution in [0.2, 0.25) is 0 Å². The number of primary amides is 1.